The maximum Gasteiger partial charge on any atom is 0.322 e. The molecular weight excluding hydrogens is 313 g/mol. The van der Waals surface area contributed by atoms with Crippen molar-refractivity contribution in [3.05, 3.63) is 53.8 Å². The van der Waals surface area contributed by atoms with Crippen molar-refractivity contribution >= 4 is 6.01 Å². The molecule has 1 aromatic heterocycles. The lowest BCUT2D eigenvalue weighted by Gasteiger charge is -2.07. The van der Waals surface area contributed by atoms with Gasteiger partial charge in [0.2, 0.25) is 5.82 Å². The van der Waals surface area contributed by atoms with Gasteiger partial charge in [-0.1, -0.05) is 17.3 Å². The van der Waals surface area contributed by atoms with Crippen molar-refractivity contribution in [3.8, 4) is 22.9 Å². The number of rotatable bonds is 6. The second-order valence-electron chi connectivity index (χ2n) is 4.97. The summed E-state index contributed by atoms with van der Waals surface area (Å²) in [5.74, 6) is 1.37. The van der Waals surface area contributed by atoms with Gasteiger partial charge in [-0.15, -0.1) is 0 Å². The lowest BCUT2D eigenvalue weighted by atomic mass is 10.2. The van der Waals surface area contributed by atoms with Crippen LogP contribution in [0.4, 0.5) is 10.4 Å². The largest absolute Gasteiger partial charge is 0.493 e. The summed E-state index contributed by atoms with van der Waals surface area (Å²) >= 11 is 0. The van der Waals surface area contributed by atoms with Crippen LogP contribution in [0.5, 0.6) is 11.5 Å². The van der Waals surface area contributed by atoms with E-state index < -0.39 is 0 Å². The quantitative estimate of drug-likeness (QED) is 0.746. The molecule has 2 aromatic carbocycles. The Hall–Kier alpha value is -3.09. The summed E-state index contributed by atoms with van der Waals surface area (Å²) in [7, 11) is 3.14. The van der Waals surface area contributed by atoms with Gasteiger partial charge in [0.25, 0.3) is 0 Å². The molecule has 124 valence electrons. The highest BCUT2D eigenvalue weighted by Crippen LogP contribution is 2.31. The number of benzene rings is 2. The van der Waals surface area contributed by atoms with E-state index >= 15 is 0 Å². The summed E-state index contributed by atoms with van der Waals surface area (Å²) in [6.45, 7) is 0.452. The van der Waals surface area contributed by atoms with Crippen LogP contribution in [0, 0.1) is 5.82 Å². The van der Waals surface area contributed by atoms with Crippen molar-refractivity contribution in [2.24, 2.45) is 0 Å². The SMILES string of the molecule is COc1ccc(-c2noc(NCc3ccc(F)cc3)n2)cc1OC. The zero-order valence-corrected chi connectivity index (χ0v) is 13.2. The number of hydrogen-bond acceptors (Lipinski definition) is 6. The van der Waals surface area contributed by atoms with Crippen molar-refractivity contribution < 1.29 is 18.4 Å². The Kier molecular flexibility index (Phi) is 4.60. The molecule has 0 atom stereocenters. The Bertz CT molecular complexity index is 818. The Morgan fingerprint density at radius 1 is 1.04 bits per heavy atom. The first-order valence-electron chi connectivity index (χ1n) is 7.24. The van der Waals surface area contributed by atoms with Gasteiger partial charge in [0, 0.05) is 12.1 Å². The molecule has 0 aliphatic heterocycles. The van der Waals surface area contributed by atoms with E-state index in [-0.39, 0.29) is 11.8 Å². The van der Waals surface area contributed by atoms with Gasteiger partial charge in [-0.05, 0) is 35.9 Å². The average molecular weight is 329 g/mol. The smallest absolute Gasteiger partial charge is 0.322 e. The molecule has 0 fully saturated rings. The molecule has 24 heavy (non-hydrogen) atoms. The number of methoxy groups -OCH3 is 2. The third-order valence-electron chi connectivity index (χ3n) is 3.42. The van der Waals surface area contributed by atoms with Crippen LogP contribution in [0.15, 0.2) is 47.0 Å². The predicted molar refractivity (Wildman–Crippen MR) is 86.6 cm³/mol. The topological polar surface area (TPSA) is 69.4 Å². The normalized spacial score (nSPS) is 10.5. The minimum absolute atomic E-state index is 0.271. The van der Waals surface area contributed by atoms with E-state index in [0.717, 1.165) is 11.1 Å². The zero-order valence-electron chi connectivity index (χ0n) is 13.2. The third kappa shape index (κ3) is 3.45. The van der Waals surface area contributed by atoms with Crippen LogP contribution in [0.25, 0.3) is 11.4 Å². The molecule has 7 heteroatoms. The first kappa shape index (κ1) is 15.8. The molecule has 6 nitrogen and oxygen atoms in total. The van der Waals surface area contributed by atoms with Gasteiger partial charge in [0.1, 0.15) is 5.82 Å². The first-order valence-corrected chi connectivity index (χ1v) is 7.24. The second-order valence-corrected chi connectivity index (χ2v) is 4.97. The molecule has 3 rings (SSSR count). The van der Waals surface area contributed by atoms with Gasteiger partial charge in [-0.2, -0.15) is 4.98 Å². The molecule has 0 amide bonds. The van der Waals surface area contributed by atoms with Gasteiger partial charge in [0.05, 0.1) is 14.2 Å². The van der Waals surface area contributed by atoms with E-state index in [2.05, 4.69) is 15.5 Å². The summed E-state index contributed by atoms with van der Waals surface area (Å²) in [6, 6.07) is 11.8. The van der Waals surface area contributed by atoms with Crippen molar-refractivity contribution in [1.29, 1.82) is 0 Å². The summed E-state index contributed by atoms with van der Waals surface area (Å²) < 4.78 is 28.5. The van der Waals surface area contributed by atoms with Crippen molar-refractivity contribution in [3.63, 3.8) is 0 Å². The molecule has 0 aliphatic rings. The van der Waals surface area contributed by atoms with Crippen LogP contribution in [-0.4, -0.2) is 24.4 Å². The zero-order chi connectivity index (χ0) is 16.9. The Morgan fingerprint density at radius 3 is 2.50 bits per heavy atom. The summed E-state index contributed by atoms with van der Waals surface area (Å²) in [5, 5.41) is 6.94. The Labute approximate surface area is 138 Å². The number of aromatic nitrogens is 2. The number of nitrogens with zero attached hydrogens (tertiary/aromatic N) is 2. The summed E-state index contributed by atoms with van der Waals surface area (Å²) in [5.41, 5.74) is 1.65. The molecule has 0 bridgehead atoms. The molecule has 0 unspecified atom stereocenters. The fourth-order valence-electron chi connectivity index (χ4n) is 2.17. The van der Waals surface area contributed by atoms with Crippen LogP contribution in [0.2, 0.25) is 0 Å². The van der Waals surface area contributed by atoms with Crippen molar-refractivity contribution in [2.75, 3.05) is 19.5 Å². The number of halogens is 1. The molecule has 0 saturated carbocycles. The van der Waals surface area contributed by atoms with Crippen LogP contribution in [0.3, 0.4) is 0 Å². The lowest BCUT2D eigenvalue weighted by Crippen LogP contribution is -1.99. The van der Waals surface area contributed by atoms with Crippen molar-refractivity contribution in [2.45, 2.75) is 6.54 Å². The first-order chi connectivity index (χ1) is 11.7. The van der Waals surface area contributed by atoms with E-state index in [9.17, 15) is 4.39 Å². The number of ether oxygens (including phenoxy) is 2. The van der Waals surface area contributed by atoms with Gasteiger partial charge in [-0.3, -0.25) is 0 Å². The van der Waals surface area contributed by atoms with E-state index in [0.29, 0.717) is 23.9 Å². The van der Waals surface area contributed by atoms with Crippen LogP contribution < -0.4 is 14.8 Å². The monoisotopic (exact) mass is 329 g/mol. The standard InChI is InChI=1S/C17H16FN3O3/c1-22-14-8-5-12(9-15(14)23-2)16-20-17(24-21-16)19-10-11-3-6-13(18)7-4-11/h3-9H,10H2,1-2H3,(H,19,20,21). The highest BCUT2D eigenvalue weighted by atomic mass is 19.1. The van der Waals surface area contributed by atoms with Crippen LogP contribution in [0.1, 0.15) is 5.56 Å². The van der Waals surface area contributed by atoms with Gasteiger partial charge < -0.3 is 19.3 Å². The molecule has 0 spiro atoms. The molecule has 3 aromatic rings. The van der Waals surface area contributed by atoms with Crippen LogP contribution >= 0.6 is 0 Å². The number of anilines is 1. The Morgan fingerprint density at radius 2 is 1.79 bits per heavy atom. The van der Waals surface area contributed by atoms with Crippen molar-refractivity contribution in [1.82, 2.24) is 10.1 Å². The second kappa shape index (κ2) is 6.99. The van der Waals surface area contributed by atoms with E-state index in [1.807, 2.05) is 6.07 Å². The van der Waals surface area contributed by atoms with E-state index in [4.69, 9.17) is 14.0 Å². The fourth-order valence-corrected chi connectivity index (χ4v) is 2.17. The molecule has 0 aliphatic carbocycles. The molecule has 0 saturated heterocycles. The molecule has 1 N–H and O–H groups in total. The van der Waals surface area contributed by atoms with E-state index in [1.54, 1.807) is 38.5 Å². The number of nitrogens with one attached hydrogen (secondary N) is 1. The van der Waals surface area contributed by atoms with Crippen LogP contribution in [-0.2, 0) is 6.54 Å². The molecule has 1 heterocycles. The fraction of sp³-hybridized carbons (Fsp3) is 0.176. The highest BCUT2D eigenvalue weighted by molar-refractivity contribution is 5.61. The Balaban J connectivity index is 1.72. The van der Waals surface area contributed by atoms with E-state index in [1.165, 1.54) is 12.1 Å². The maximum absolute atomic E-state index is 12.9. The number of hydrogen-bond donors (Lipinski definition) is 1. The van der Waals surface area contributed by atoms with Gasteiger partial charge in [0.15, 0.2) is 11.5 Å². The third-order valence-corrected chi connectivity index (χ3v) is 3.42. The predicted octanol–water partition coefficient (Wildman–Crippen LogP) is 3.51. The minimum Gasteiger partial charge on any atom is -0.493 e. The average Bonchev–Trinajstić information content (AvgIpc) is 3.09. The van der Waals surface area contributed by atoms with Gasteiger partial charge >= 0.3 is 6.01 Å². The highest BCUT2D eigenvalue weighted by Gasteiger charge is 2.12. The summed E-state index contributed by atoms with van der Waals surface area (Å²) in [4.78, 5) is 4.28. The summed E-state index contributed by atoms with van der Waals surface area (Å²) in [6.07, 6.45) is 0. The maximum atomic E-state index is 12.9. The molecular formula is C17H16FN3O3. The molecule has 0 radical (unpaired) electrons. The lowest BCUT2D eigenvalue weighted by molar-refractivity contribution is 0.355. The van der Waals surface area contributed by atoms with Gasteiger partial charge in [-0.25, -0.2) is 4.39 Å². The minimum atomic E-state index is -0.271.